The maximum Gasteiger partial charge on any atom is 0.177 e. The van der Waals surface area contributed by atoms with Crippen LogP contribution in [0.25, 0.3) is 11.2 Å². The Hall–Kier alpha value is -2.51. The van der Waals surface area contributed by atoms with Crippen LogP contribution in [0.1, 0.15) is 23.6 Å². The molecule has 26 heavy (non-hydrogen) atoms. The van der Waals surface area contributed by atoms with Crippen molar-refractivity contribution in [3.63, 3.8) is 0 Å². The molecule has 7 heteroatoms. The number of nitrogens with two attached hydrogens (primary N) is 1. The summed E-state index contributed by atoms with van der Waals surface area (Å²) in [5.41, 5.74) is 9.72. The third-order valence-electron chi connectivity index (χ3n) is 4.98. The Morgan fingerprint density at radius 2 is 2.08 bits per heavy atom. The zero-order chi connectivity index (χ0) is 17.9. The molecule has 0 amide bonds. The first-order valence-electron chi connectivity index (χ1n) is 9.02. The Morgan fingerprint density at radius 1 is 1.23 bits per heavy atom. The summed E-state index contributed by atoms with van der Waals surface area (Å²) in [5.74, 6) is 1.31. The summed E-state index contributed by atoms with van der Waals surface area (Å²) in [6.45, 7) is 4.08. The standard InChI is InChI=1S/C19H24N6O/c1-26-16-5-3-2-4-14(16)12-24-10-6-15(13-24)17-18-19(22-9-8-21-18)25(23-17)11-7-20/h2-5,8-9,15H,6-7,10-13,20H2,1H3/t15-/m1/s1. The number of ether oxygens (including phenoxy) is 1. The van der Waals surface area contributed by atoms with E-state index in [0.717, 1.165) is 48.7 Å². The highest BCUT2D eigenvalue weighted by Crippen LogP contribution is 2.32. The monoisotopic (exact) mass is 352 g/mol. The Kier molecular flexibility index (Phi) is 4.81. The second-order valence-electron chi connectivity index (χ2n) is 6.66. The topological polar surface area (TPSA) is 82.1 Å². The van der Waals surface area contributed by atoms with Gasteiger partial charge in [0.1, 0.15) is 11.3 Å². The predicted molar refractivity (Wildman–Crippen MR) is 100 cm³/mol. The summed E-state index contributed by atoms with van der Waals surface area (Å²) in [6, 6.07) is 8.20. The molecular formula is C19H24N6O. The minimum absolute atomic E-state index is 0.364. The Balaban J connectivity index is 1.55. The van der Waals surface area contributed by atoms with Gasteiger partial charge in [-0.3, -0.25) is 4.90 Å². The molecule has 0 unspecified atom stereocenters. The van der Waals surface area contributed by atoms with Crippen molar-refractivity contribution in [3.05, 3.63) is 47.9 Å². The molecule has 2 N–H and O–H groups in total. The van der Waals surface area contributed by atoms with Crippen molar-refractivity contribution < 1.29 is 4.74 Å². The van der Waals surface area contributed by atoms with Gasteiger partial charge in [0.2, 0.25) is 0 Å². The maximum atomic E-state index is 5.72. The lowest BCUT2D eigenvalue weighted by atomic mass is 10.0. The number of likely N-dealkylation sites (tertiary alicyclic amines) is 1. The summed E-state index contributed by atoms with van der Waals surface area (Å²) >= 11 is 0. The van der Waals surface area contributed by atoms with Crippen LogP contribution < -0.4 is 10.5 Å². The summed E-state index contributed by atoms with van der Waals surface area (Å²) in [7, 11) is 1.72. The molecule has 1 saturated heterocycles. The van der Waals surface area contributed by atoms with Gasteiger partial charge in [-0.25, -0.2) is 14.6 Å². The molecule has 4 rings (SSSR count). The zero-order valence-corrected chi connectivity index (χ0v) is 15.0. The number of aromatic nitrogens is 4. The van der Waals surface area contributed by atoms with Crippen LogP contribution in [-0.4, -0.2) is 51.4 Å². The van der Waals surface area contributed by atoms with E-state index in [0.29, 0.717) is 19.0 Å². The van der Waals surface area contributed by atoms with E-state index in [4.69, 9.17) is 15.6 Å². The van der Waals surface area contributed by atoms with E-state index in [1.807, 2.05) is 16.8 Å². The lowest BCUT2D eigenvalue weighted by Gasteiger charge is -2.17. The van der Waals surface area contributed by atoms with Crippen molar-refractivity contribution in [2.24, 2.45) is 5.73 Å². The second-order valence-corrected chi connectivity index (χ2v) is 6.66. The molecule has 1 atom stereocenters. The Morgan fingerprint density at radius 3 is 2.92 bits per heavy atom. The van der Waals surface area contributed by atoms with Gasteiger partial charge < -0.3 is 10.5 Å². The molecule has 7 nitrogen and oxygen atoms in total. The fourth-order valence-electron chi connectivity index (χ4n) is 3.75. The quantitative estimate of drug-likeness (QED) is 0.728. The number of hydrogen-bond donors (Lipinski definition) is 1. The molecule has 1 aliphatic rings. The van der Waals surface area contributed by atoms with Crippen molar-refractivity contribution in [2.45, 2.75) is 25.4 Å². The van der Waals surface area contributed by atoms with Crippen molar-refractivity contribution in [3.8, 4) is 5.75 Å². The van der Waals surface area contributed by atoms with Gasteiger partial charge in [-0.05, 0) is 19.0 Å². The number of para-hydroxylation sites is 1. The van der Waals surface area contributed by atoms with Crippen molar-refractivity contribution in [1.82, 2.24) is 24.6 Å². The lowest BCUT2D eigenvalue weighted by molar-refractivity contribution is 0.316. The number of hydrogen-bond acceptors (Lipinski definition) is 6. The van der Waals surface area contributed by atoms with Crippen LogP contribution in [0.15, 0.2) is 36.7 Å². The lowest BCUT2D eigenvalue weighted by Crippen LogP contribution is -2.20. The number of rotatable bonds is 6. The molecule has 1 fully saturated rings. The fourth-order valence-corrected chi connectivity index (χ4v) is 3.75. The molecule has 1 aromatic carbocycles. The molecule has 1 aliphatic heterocycles. The highest BCUT2D eigenvalue weighted by atomic mass is 16.5. The molecule has 0 bridgehead atoms. The second kappa shape index (κ2) is 7.39. The normalized spacial score (nSPS) is 17.8. The Labute approximate surface area is 152 Å². The van der Waals surface area contributed by atoms with Gasteiger partial charge in [-0.2, -0.15) is 5.10 Å². The number of methoxy groups -OCH3 is 1. The largest absolute Gasteiger partial charge is 0.496 e. The molecule has 0 aliphatic carbocycles. The summed E-state index contributed by atoms with van der Waals surface area (Å²) in [4.78, 5) is 11.4. The van der Waals surface area contributed by atoms with Crippen LogP contribution in [0.5, 0.6) is 5.75 Å². The van der Waals surface area contributed by atoms with E-state index >= 15 is 0 Å². The first kappa shape index (κ1) is 16.9. The summed E-state index contributed by atoms with van der Waals surface area (Å²) in [6.07, 6.45) is 4.52. The molecule has 3 aromatic rings. The number of benzene rings is 1. The minimum Gasteiger partial charge on any atom is -0.496 e. The van der Waals surface area contributed by atoms with E-state index in [9.17, 15) is 0 Å². The predicted octanol–water partition coefficient (Wildman–Crippen LogP) is 1.78. The van der Waals surface area contributed by atoms with E-state index in [1.165, 1.54) is 5.56 Å². The highest BCUT2D eigenvalue weighted by molar-refractivity contribution is 5.73. The van der Waals surface area contributed by atoms with Crippen LogP contribution in [0.3, 0.4) is 0 Å². The molecule has 136 valence electrons. The van der Waals surface area contributed by atoms with Gasteiger partial charge in [-0.1, -0.05) is 18.2 Å². The van der Waals surface area contributed by atoms with Gasteiger partial charge in [0, 0.05) is 43.5 Å². The molecule has 3 heterocycles. The molecule has 0 radical (unpaired) electrons. The van der Waals surface area contributed by atoms with E-state index in [2.05, 4.69) is 27.0 Å². The van der Waals surface area contributed by atoms with Crippen molar-refractivity contribution >= 4 is 11.2 Å². The maximum absolute atomic E-state index is 5.72. The van der Waals surface area contributed by atoms with Gasteiger partial charge >= 0.3 is 0 Å². The minimum atomic E-state index is 0.364. The van der Waals surface area contributed by atoms with Crippen LogP contribution in [0.4, 0.5) is 0 Å². The fraction of sp³-hybridized carbons (Fsp3) is 0.421. The number of fused-ring (bicyclic) bond motifs is 1. The van der Waals surface area contributed by atoms with Crippen LogP contribution >= 0.6 is 0 Å². The molecule has 0 saturated carbocycles. The summed E-state index contributed by atoms with van der Waals surface area (Å²) < 4.78 is 7.37. The Bertz CT molecular complexity index is 893. The third-order valence-corrected chi connectivity index (χ3v) is 4.98. The van der Waals surface area contributed by atoms with Crippen molar-refractivity contribution in [1.29, 1.82) is 0 Å². The van der Waals surface area contributed by atoms with Crippen LogP contribution in [-0.2, 0) is 13.1 Å². The first-order chi connectivity index (χ1) is 12.8. The smallest absolute Gasteiger partial charge is 0.177 e. The van der Waals surface area contributed by atoms with Gasteiger partial charge in [0.15, 0.2) is 5.65 Å². The van der Waals surface area contributed by atoms with Crippen molar-refractivity contribution in [2.75, 3.05) is 26.7 Å². The highest BCUT2D eigenvalue weighted by Gasteiger charge is 2.29. The van der Waals surface area contributed by atoms with E-state index in [-0.39, 0.29) is 0 Å². The van der Waals surface area contributed by atoms with Gasteiger partial charge in [-0.15, -0.1) is 0 Å². The SMILES string of the molecule is COc1ccccc1CN1CC[C@@H](c2nn(CCN)c3nccnc23)C1. The molecule has 2 aromatic heterocycles. The molecule has 0 spiro atoms. The van der Waals surface area contributed by atoms with E-state index < -0.39 is 0 Å². The third kappa shape index (κ3) is 3.15. The zero-order valence-electron chi connectivity index (χ0n) is 15.0. The molecular weight excluding hydrogens is 328 g/mol. The first-order valence-corrected chi connectivity index (χ1v) is 9.02. The average Bonchev–Trinajstić information content (AvgIpc) is 3.28. The van der Waals surface area contributed by atoms with Crippen LogP contribution in [0, 0.1) is 0 Å². The number of nitrogens with zero attached hydrogens (tertiary/aromatic N) is 5. The van der Waals surface area contributed by atoms with E-state index in [1.54, 1.807) is 19.5 Å². The van der Waals surface area contributed by atoms with Gasteiger partial charge in [0.05, 0.1) is 19.3 Å². The van der Waals surface area contributed by atoms with Gasteiger partial charge in [0.25, 0.3) is 0 Å². The average molecular weight is 352 g/mol. The summed E-state index contributed by atoms with van der Waals surface area (Å²) in [5, 5.41) is 4.80. The van der Waals surface area contributed by atoms with Crippen LogP contribution in [0.2, 0.25) is 0 Å².